The van der Waals surface area contributed by atoms with Gasteiger partial charge in [-0.2, -0.15) is 8.42 Å². The lowest BCUT2D eigenvalue weighted by molar-refractivity contribution is -0.384. The van der Waals surface area contributed by atoms with E-state index >= 15 is 0 Å². The van der Waals surface area contributed by atoms with E-state index in [1.807, 2.05) is 0 Å². The van der Waals surface area contributed by atoms with Crippen molar-refractivity contribution in [3.8, 4) is 0 Å². The van der Waals surface area contributed by atoms with E-state index in [1.165, 1.54) is 43.5 Å². The first-order valence-electron chi connectivity index (χ1n) is 12.6. The Balaban J connectivity index is 1.83. The molecule has 1 aromatic heterocycles. The van der Waals surface area contributed by atoms with Crippen LogP contribution in [-0.4, -0.2) is 80.2 Å². The van der Waals surface area contributed by atoms with Gasteiger partial charge in [-0.25, -0.2) is 14.1 Å². The van der Waals surface area contributed by atoms with Crippen molar-refractivity contribution in [1.29, 1.82) is 0 Å². The van der Waals surface area contributed by atoms with Gasteiger partial charge in [-0.3, -0.25) is 29.1 Å². The average Bonchev–Trinajstić information content (AvgIpc) is 3.39. The molecule has 3 rings (SSSR count). The fourth-order valence-corrected chi connectivity index (χ4v) is 5.59. The summed E-state index contributed by atoms with van der Waals surface area (Å²) in [6.07, 6.45) is 0. The van der Waals surface area contributed by atoms with E-state index < -0.39 is 68.2 Å². The zero-order valence-corrected chi connectivity index (χ0v) is 25.9. The van der Waals surface area contributed by atoms with Gasteiger partial charge in [0.15, 0.2) is 10.8 Å². The highest BCUT2D eigenvalue weighted by molar-refractivity contribution is 7.84. The number of amides is 3. The van der Waals surface area contributed by atoms with Crippen LogP contribution in [0.4, 0.5) is 10.8 Å². The van der Waals surface area contributed by atoms with Gasteiger partial charge < -0.3 is 20.2 Å². The number of halogens is 1. The molecule has 238 valence electrons. The first-order chi connectivity index (χ1) is 20.5. The predicted molar refractivity (Wildman–Crippen MR) is 155 cm³/mol. The van der Waals surface area contributed by atoms with E-state index in [0.29, 0.717) is 5.56 Å². The first kappa shape index (κ1) is 34.3. The van der Waals surface area contributed by atoms with Crippen molar-refractivity contribution < 1.29 is 46.6 Å². The topological polar surface area (TPSA) is 237 Å². The minimum absolute atomic E-state index is 0.0326. The Morgan fingerprint density at radius 1 is 1.27 bits per heavy atom. The molecule has 3 amide bonds. The van der Waals surface area contributed by atoms with Gasteiger partial charge in [0.05, 0.1) is 11.0 Å². The van der Waals surface area contributed by atoms with Crippen LogP contribution in [0, 0.1) is 16.0 Å². The number of rotatable bonds is 13. The molecule has 0 unspecified atom stereocenters. The number of hydrogen-bond acceptors (Lipinski definition) is 13. The number of alkyl halides is 1. The molecule has 17 nitrogen and oxygen atoms in total. The Morgan fingerprint density at radius 2 is 1.91 bits per heavy atom. The lowest BCUT2D eigenvalue weighted by Crippen LogP contribution is -2.73. The van der Waals surface area contributed by atoms with Crippen LogP contribution in [0.5, 0.6) is 0 Å². The molecule has 0 saturated carbocycles. The van der Waals surface area contributed by atoms with E-state index in [0.717, 1.165) is 11.3 Å². The van der Waals surface area contributed by atoms with Crippen molar-refractivity contribution in [1.82, 2.24) is 14.6 Å². The second-order valence-corrected chi connectivity index (χ2v) is 12.5. The largest absolute Gasteiger partial charge is 0.458 e. The van der Waals surface area contributed by atoms with Crippen molar-refractivity contribution >= 4 is 73.5 Å². The molecule has 0 spiro atoms. The molecule has 1 aliphatic rings. The molecular weight excluding hydrogens is 648 g/mol. The summed E-state index contributed by atoms with van der Waals surface area (Å²) in [6, 6.07) is 2.79. The summed E-state index contributed by atoms with van der Waals surface area (Å²) in [5, 5.41) is 20.7. The molecule has 1 fully saturated rings. The molecular formula is C24H27ClN6O11S2. The summed E-state index contributed by atoms with van der Waals surface area (Å²) < 4.78 is 38.3. The van der Waals surface area contributed by atoms with Crippen molar-refractivity contribution in [2.45, 2.75) is 52.0 Å². The normalized spacial score (nSPS) is 17.1. The second kappa shape index (κ2) is 13.6. The van der Waals surface area contributed by atoms with Gasteiger partial charge in [0.2, 0.25) is 11.5 Å². The lowest BCUT2D eigenvalue weighted by atomic mass is 9.88. The number of aromatic nitrogens is 1. The maximum Gasteiger partial charge on any atom is 0.362 e. The highest BCUT2D eigenvalue weighted by Gasteiger charge is 2.55. The molecule has 3 N–H and O–H groups in total. The number of nitrogens with one attached hydrogen (secondary N) is 2. The van der Waals surface area contributed by atoms with Crippen LogP contribution < -0.4 is 10.6 Å². The Kier molecular flexibility index (Phi) is 10.6. The molecule has 1 saturated heterocycles. The molecule has 1 aromatic carbocycles. The molecule has 2 aromatic rings. The van der Waals surface area contributed by atoms with Gasteiger partial charge in [-0.1, -0.05) is 19.0 Å². The molecule has 0 radical (unpaired) electrons. The standard InChI is InChI=1S/C24H27ClN6O11S2/c1-12(2)19-18(21(34)30(19)44(38,39)40)28-20(33)17(15-11-43-23(26-15)27-16(32)9-25)29-42-24(3,4)22(35)41-10-13-5-7-14(8-6-13)31(36)37/h5-8,11-12,18-19H,9-10H2,1-4H3,(H,28,33)(H,26,27,32)(H,38,39,40)/b29-17-/t18-,19+/m1/s1. The van der Waals surface area contributed by atoms with E-state index in [1.54, 1.807) is 13.8 Å². The van der Waals surface area contributed by atoms with Gasteiger partial charge in [0.1, 0.15) is 24.2 Å². The highest BCUT2D eigenvalue weighted by Crippen LogP contribution is 2.29. The first-order valence-corrected chi connectivity index (χ1v) is 15.4. The third-order valence-corrected chi connectivity index (χ3v) is 7.94. The van der Waals surface area contributed by atoms with E-state index in [-0.39, 0.29) is 33.3 Å². The maximum atomic E-state index is 13.4. The Morgan fingerprint density at radius 3 is 2.45 bits per heavy atom. The van der Waals surface area contributed by atoms with Crippen molar-refractivity contribution in [2.75, 3.05) is 11.2 Å². The van der Waals surface area contributed by atoms with Gasteiger partial charge in [0, 0.05) is 17.5 Å². The number of esters is 1. The maximum absolute atomic E-state index is 13.4. The van der Waals surface area contributed by atoms with Crippen LogP contribution in [0.1, 0.15) is 39.0 Å². The Hall–Kier alpha value is -4.20. The van der Waals surface area contributed by atoms with Crippen LogP contribution in [0.3, 0.4) is 0 Å². The molecule has 44 heavy (non-hydrogen) atoms. The van der Waals surface area contributed by atoms with Crippen LogP contribution in [0.25, 0.3) is 0 Å². The smallest absolute Gasteiger partial charge is 0.362 e. The summed E-state index contributed by atoms with van der Waals surface area (Å²) in [4.78, 5) is 70.1. The minimum atomic E-state index is -4.90. The van der Waals surface area contributed by atoms with Crippen LogP contribution in [-0.2, 0) is 45.7 Å². The number of ether oxygens (including phenoxy) is 1. The van der Waals surface area contributed by atoms with Gasteiger partial charge >= 0.3 is 16.3 Å². The van der Waals surface area contributed by atoms with Crippen molar-refractivity contribution in [3.05, 3.63) is 51.0 Å². The van der Waals surface area contributed by atoms with Crippen LogP contribution in [0.2, 0.25) is 0 Å². The lowest BCUT2D eigenvalue weighted by Gasteiger charge is -2.46. The zero-order valence-electron chi connectivity index (χ0n) is 23.5. The minimum Gasteiger partial charge on any atom is -0.458 e. The quantitative estimate of drug-likeness (QED) is 0.0523. The highest BCUT2D eigenvalue weighted by atomic mass is 35.5. The fraction of sp³-hybridized carbons (Fsp3) is 0.417. The molecule has 2 heterocycles. The number of nitro benzene ring substituents is 1. The number of benzene rings is 1. The van der Waals surface area contributed by atoms with E-state index in [9.17, 15) is 42.3 Å². The van der Waals surface area contributed by atoms with E-state index in [2.05, 4.69) is 20.8 Å². The molecule has 0 aliphatic carbocycles. The molecule has 0 bridgehead atoms. The second-order valence-electron chi connectivity index (χ2n) is 10.1. The number of oxime groups is 1. The Labute approximate surface area is 259 Å². The zero-order chi connectivity index (χ0) is 33.0. The number of anilines is 1. The number of nitro groups is 1. The number of carbonyl (C=O) groups is 4. The number of carbonyl (C=O) groups excluding carboxylic acids is 4. The monoisotopic (exact) mass is 674 g/mol. The van der Waals surface area contributed by atoms with Crippen LogP contribution in [0.15, 0.2) is 34.8 Å². The molecule has 20 heteroatoms. The summed E-state index contributed by atoms with van der Waals surface area (Å²) in [6.45, 7) is 5.45. The third kappa shape index (κ3) is 8.04. The summed E-state index contributed by atoms with van der Waals surface area (Å²) in [5.41, 5.74) is -2.20. The van der Waals surface area contributed by atoms with Gasteiger partial charge in [0.25, 0.3) is 17.5 Å². The summed E-state index contributed by atoms with van der Waals surface area (Å²) >= 11 is 6.40. The number of thiazole rings is 1. The van der Waals surface area contributed by atoms with Crippen molar-refractivity contribution in [3.63, 3.8) is 0 Å². The SMILES string of the molecule is CC(C)[C@H]1[C@@H](NC(=O)/C(=N\OC(C)(C)C(=O)OCc2ccc([N+](=O)[O-])cc2)c2csc(NC(=O)CCl)n2)C(=O)N1S(=O)(=O)O. The van der Waals surface area contributed by atoms with E-state index in [4.69, 9.17) is 21.2 Å². The van der Waals surface area contributed by atoms with Crippen molar-refractivity contribution in [2.24, 2.45) is 11.1 Å². The molecule has 1 aliphatic heterocycles. The summed E-state index contributed by atoms with van der Waals surface area (Å²) in [7, 11) is -4.90. The summed E-state index contributed by atoms with van der Waals surface area (Å²) in [5.74, 6) is -4.56. The number of β-lactam (4-membered cyclic amide) rings is 1. The van der Waals surface area contributed by atoms with Gasteiger partial charge in [-0.15, -0.1) is 22.9 Å². The Bertz CT molecular complexity index is 1590. The van der Waals surface area contributed by atoms with Crippen LogP contribution >= 0.6 is 22.9 Å². The average molecular weight is 675 g/mol. The van der Waals surface area contributed by atoms with Gasteiger partial charge in [-0.05, 0) is 37.5 Å². The number of hydrogen-bond donors (Lipinski definition) is 3. The number of non-ortho nitro benzene ring substituents is 1. The number of nitrogens with zero attached hydrogens (tertiary/aromatic N) is 4. The molecule has 2 atom stereocenters. The fourth-order valence-electron chi connectivity index (χ4n) is 3.79. The third-order valence-electron chi connectivity index (χ3n) is 6.02. The predicted octanol–water partition coefficient (Wildman–Crippen LogP) is 1.63.